The summed E-state index contributed by atoms with van der Waals surface area (Å²) in [4.78, 5) is 0. The second-order valence-corrected chi connectivity index (χ2v) is 7.36. The standard InChI is InChI=1S/C15H21N5O2S/c21-23(22,20-9-4-5-10-20)17-12-15-18-16-13-19(15)11-8-14-6-2-1-3-7-14/h1-3,6-7,13,17H,4-5,8-12H2. The molecule has 1 aromatic carbocycles. The number of nitrogens with zero attached hydrogens (tertiary/aromatic N) is 4. The van der Waals surface area contributed by atoms with Gasteiger partial charge in [-0.2, -0.15) is 17.4 Å². The molecule has 1 aromatic heterocycles. The maximum atomic E-state index is 12.2. The Labute approximate surface area is 136 Å². The molecule has 0 amide bonds. The van der Waals surface area contributed by atoms with Crippen molar-refractivity contribution in [2.24, 2.45) is 0 Å². The van der Waals surface area contributed by atoms with Crippen LogP contribution in [0.1, 0.15) is 24.2 Å². The molecule has 1 aliphatic rings. The first kappa shape index (κ1) is 16.1. The number of benzene rings is 1. The van der Waals surface area contributed by atoms with E-state index < -0.39 is 10.2 Å². The van der Waals surface area contributed by atoms with Gasteiger partial charge in [0.1, 0.15) is 12.2 Å². The topological polar surface area (TPSA) is 80.1 Å². The molecule has 1 fully saturated rings. The minimum atomic E-state index is -3.42. The molecule has 124 valence electrons. The van der Waals surface area contributed by atoms with Crippen LogP contribution in [0.5, 0.6) is 0 Å². The summed E-state index contributed by atoms with van der Waals surface area (Å²) in [5.41, 5.74) is 1.23. The highest BCUT2D eigenvalue weighted by Crippen LogP contribution is 2.11. The maximum Gasteiger partial charge on any atom is 0.279 e. The summed E-state index contributed by atoms with van der Waals surface area (Å²) in [7, 11) is -3.42. The Morgan fingerprint density at radius 1 is 1.13 bits per heavy atom. The Hall–Kier alpha value is -1.77. The molecule has 2 aromatic rings. The van der Waals surface area contributed by atoms with Gasteiger partial charge < -0.3 is 4.57 Å². The van der Waals surface area contributed by atoms with Crippen LogP contribution in [0.3, 0.4) is 0 Å². The van der Waals surface area contributed by atoms with Crippen LogP contribution in [-0.2, 0) is 29.7 Å². The number of rotatable bonds is 7. The van der Waals surface area contributed by atoms with Crippen LogP contribution in [0.2, 0.25) is 0 Å². The smallest absolute Gasteiger partial charge is 0.279 e. The zero-order valence-corrected chi connectivity index (χ0v) is 13.7. The zero-order chi connectivity index (χ0) is 16.1. The predicted molar refractivity (Wildman–Crippen MR) is 86.7 cm³/mol. The van der Waals surface area contributed by atoms with E-state index in [1.807, 2.05) is 22.8 Å². The number of hydrogen-bond acceptors (Lipinski definition) is 4. The number of nitrogens with one attached hydrogen (secondary N) is 1. The minimum Gasteiger partial charge on any atom is -0.316 e. The molecule has 0 saturated carbocycles. The Kier molecular flexibility index (Phi) is 5.04. The molecular weight excluding hydrogens is 314 g/mol. The highest BCUT2D eigenvalue weighted by Gasteiger charge is 2.25. The normalized spacial score (nSPS) is 16.0. The Morgan fingerprint density at radius 3 is 2.61 bits per heavy atom. The number of aromatic nitrogens is 3. The third-order valence-corrected chi connectivity index (χ3v) is 5.55. The van der Waals surface area contributed by atoms with Crippen molar-refractivity contribution in [1.29, 1.82) is 0 Å². The van der Waals surface area contributed by atoms with E-state index in [1.165, 1.54) is 9.87 Å². The van der Waals surface area contributed by atoms with Crippen LogP contribution in [0.4, 0.5) is 0 Å². The van der Waals surface area contributed by atoms with E-state index in [2.05, 4.69) is 27.1 Å². The van der Waals surface area contributed by atoms with Crippen molar-refractivity contribution in [3.63, 3.8) is 0 Å². The first-order chi connectivity index (χ1) is 11.1. The van der Waals surface area contributed by atoms with Gasteiger partial charge in [-0.05, 0) is 24.8 Å². The third kappa shape index (κ3) is 4.15. The van der Waals surface area contributed by atoms with Crippen molar-refractivity contribution < 1.29 is 8.42 Å². The Balaban J connectivity index is 1.58. The summed E-state index contributed by atoms with van der Waals surface area (Å²) >= 11 is 0. The second kappa shape index (κ2) is 7.20. The lowest BCUT2D eigenvalue weighted by Gasteiger charge is -2.16. The summed E-state index contributed by atoms with van der Waals surface area (Å²) in [5.74, 6) is 0.628. The van der Waals surface area contributed by atoms with Crippen LogP contribution in [-0.4, -0.2) is 40.6 Å². The van der Waals surface area contributed by atoms with Crippen LogP contribution in [0, 0.1) is 0 Å². The molecule has 23 heavy (non-hydrogen) atoms. The van der Waals surface area contributed by atoms with E-state index in [-0.39, 0.29) is 6.54 Å². The summed E-state index contributed by atoms with van der Waals surface area (Å²) in [6.07, 6.45) is 4.34. The molecule has 0 unspecified atom stereocenters. The van der Waals surface area contributed by atoms with Gasteiger partial charge in [0, 0.05) is 19.6 Å². The van der Waals surface area contributed by atoms with E-state index >= 15 is 0 Å². The maximum absolute atomic E-state index is 12.2. The molecule has 3 rings (SSSR count). The molecule has 0 atom stereocenters. The monoisotopic (exact) mass is 335 g/mol. The summed E-state index contributed by atoms with van der Waals surface area (Å²) in [5, 5.41) is 7.92. The first-order valence-electron chi connectivity index (χ1n) is 7.80. The van der Waals surface area contributed by atoms with Gasteiger partial charge in [0.2, 0.25) is 0 Å². The average molecular weight is 335 g/mol. The lowest BCUT2D eigenvalue weighted by molar-refractivity contribution is 0.462. The third-order valence-electron chi connectivity index (χ3n) is 4.00. The van der Waals surface area contributed by atoms with E-state index in [0.29, 0.717) is 18.9 Å². The molecule has 0 radical (unpaired) electrons. The lowest BCUT2D eigenvalue weighted by atomic mass is 10.1. The largest absolute Gasteiger partial charge is 0.316 e. The SMILES string of the molecule is O=S(=O)(NCc1nncn1CCc1ccccc1)N1CCCC1. The molecule has 0 aliphatic carbocycles. The van der Waals surface area contributed by atoms with E-state index in [0.717, 1.165) is 25.8 Å². The van der Waals surface area contributed by atoms with E-state index in [1.54, 1.807) is 6.33 Å². The minimum absolute atomic E-state index is 0.160. The lowest BCUT2D eigenvalue weighted by Crippen LogP contribution is -2.38. The molecule has 0 bridgehead atoms. The van der Waals surface area contributed by atoms with Crippen molar-refractivity contribution in [1.82, 2.24) is 23.8 Å². The Bertz CT molecular complexity index is 723. The summed E-state index contributed by atoms with van der Waals surface area (Å²) in [6, 6.07) is 10.1. The quantitative estimate of drug-likeness (QED) is 0.817. The van der Waals surface area contributed by atoms with Crippen LogP contribution in [0.25, 0.3) is 0 Å². The molecule has 1 aliphatic heterocycles. The second-order valence-electron chi connectivity index (χ2n) is 5.61. The van der Waals surface area contributed by atoms with Gasteiger partial charge in [0.15, 0.2) is 0 Å². The number of aryl methyl sites for hydroxylation is 2. The number of hydrogen-bond donors (Lipinski definition) is 1. The van der Waals surface area contributed by atoms with E-state index in [4.69, 9.17) is 0 Å². The molecule has 1 N–H and O–H groups in total. The average Bonchev–Trinajstić information content (AvgIpc) is 3.24. The van der Waals surface area contributed by atoms with Gasteiger partial charge in [-0.1, -0.05) is 30.3 Å². The zero-order valence-electron chi connectivity index (χ0n) is 12.9. The molecule has 0 spiro atoms. The van der Waals surface area contributed by atoms with Crippen molar-refractivity contribution >= 4 is 10.2 Å². The van der Waals surface area contributed by atoms with Crippen molar-refractivity contribution in [2.45, 2.75) is 32.4 Å². The van der Waals surface area contributed by atoms with E-state index in [9.17, 15) is 8.42 Å². The predicted octanol–water partition coefficient (Wildman–Crippen LogP) is 0.951. The van der Waals surface area contributed by atoms with Crippen LogP contribution in [0.15, 0.2) is 36.7 Å². The van der Waals surface area contributed by atoms with Crippen molar-refractivity contribution in [2.75, 3.05) is 13.1 Å². The molecule has 1 saturated heterocycles. The van der Waals surface area contributed by atoms with Gasteiger partial charge >= 0.3 is 0 Å². The van der Waals surface area contributed by atoms with Crippen LogP contribution >= 0.6 is 0 Å². The van der Waals surface area contributed by atoms with Crippen molar-refractivity contribution in [3.8, 4) is 0 Å². The van der Waals surface area contributed by atoms with Gasteiger partial charge in [0.05, 0.1) is 6.54 Å². The fourth-order valence-corrected chi connectivity index (χ4v) is 3.91. The van der Waals surface area contributed by atoms with Crippen molar-refractivity contribution in [3.05, 3.63) is 48.0 Å². The fourth-order valence-electron chi connectivity index (χ4n) is 2.67. The highest BCUT2D eigenvalue weighted by atomic mass is 32.2. The van der Waals surface area contributed by atoms with Gasteiger partial charge in [-0.25, -0.2) is 0 Å². The fraction of sp³-hybridized carbons (Fsp3) is 0.467. The van der Waals surface area contributed by atoms with Gasteiger partial charge in [-0.15, -0.1) is 10.2 Å². The molecule has 8 heteroatoms. The Morgan fingerprint density at radius 2 is 1.87 bits per heavy atom. The highest BCUT2D eigenvalue weighted by molar-refractivity contribution is 7.87. The summed E-state index contributed by atoms with van der Waals surface area (Å²) < 4.78 is 30.3. The summed E-state index contributed by atoms with van der Waals surface area (Å²) in [6.45, 7) is 2.07. The first-order valence-corrected chi connectivity index (χ1v) is 9.24. The molecule has 7 nitrogen and oxygen atoms in total. The van der Waals surface area contributed by atoms with Crippen LogP contribution < -0.4 is 4.72 Å². The molecular formula is C15H21N5O2S. The van der Waals surface area contributed by atoms with Gasteiger partial charge in [-0.3, -0.25) is 0 Å². The van der Waals surface area contributed by atoms with Gasteiger partial charge in [0.25, 0.3) is 10.2 Å². The molecule has 2 heterocycles.